The second kappa shape index (κ2) is 7.17. The van der Waals surface area contributed by atoms with Crippen LogP contribution >= 0.6 is 11.3 Å². The molecule has 0 radical (unpaired) electrons. The smallest absolute Gasteiger partial charge is 0.272 e. The van der Waals surface area contributed by atoms with Crippen LogP contribution in [0.15, 0.2) is 23.8 Å². The number of hydrogen-bond donors (Lipinski definition) is 1. The summed E-state index contributed by atoms with van der Waals surface area (Å²) in [6.45, 7) is 8.02. The van der Waals surface area contributed by atoms with E-state index in [2.05, 4.69) is 15.3 Å². The summed E-state index contributed by atoms with van der Waals surface area (Å²) in [7, 11) is 0. The summed E-state index contributed by atoms with van der Waals surface area (Å²) in [6.07, 6.45) is 1.67. The van der Waals surface area contributed by atoms with Crippen molar-refractivity contribution in [1.29, 1.82) is 0 Å². The molecule has 0 unspecified atom stereocenters. The molecule has 0 spiro atoms. The molecular formula is C15H20N4OS. The Hall–Kier alpha value is -1.95. The van der Waals surface area contributed by atoms with E-state index in [-0.39, 0.29) is 5.91 Å². The van der Waals surface area contributed by atoms with E-state index in [0.717, 1.165) is 11.4 Å². The van der Waals surface area contributed by atoms with Gasteiger partial charge in [-0.15, -0.1) is 11.3 Å². The quantitative estimate of drug-likeness (QED) is 0.891. The molecule has 6 heteroatoms. The number of carbonyl (C=O) groups is 1. The summed E-state index contributed by atoms with van der Waals surface area (Å²) in [5, 5.41) is 3.32. The van der Waals surface area contributed by atoms with Crippen LogP contribution in [-0.4, -0.2) is 33.9 Å². The largest absolute Gasteiger partial charge is 0.380 e. The van der Waals surface area contributed by atoms with E-state index in [1.807, 2.05) is 32.3 Å². The van der Waals surface area contributed by atoms with E-state index in [1.54, 1.807) is 28.5 Å². The van der Waals surface area contributed by atoms with Gasteiger partial charge in [-0.25, -0.2) is 4.98 Å². The monoisotopic (exact) mass is 304 g/mol. The van der Waals surface area contributed by atoms with Gasteiger partial charge in [0.1, 0.15) is 5.69 Å². The standard InChI is InChI=1S/C15H20N4OS/c1-4-19(5-2)15(20)13-8-12(6-7-16-13)17-9-14-11(3)18-10-21-14/h6-8,10H,4-5,9H2,1-3H3,(H,16,17). The number of aryl methyl sites for hydroxylation is 1. The predicted molar refractivity (Wildman–Crippen MR) is 85.7 cm³/mol. The highest BCUT2D eigenvalue weighted by Gasteiger charge is 2.14. The van der Waals surface area contributed by atoms with Gasteiger partial charge in [0, 0.05) is 29.9 Å². The van der Waals surface area contributed by atoms with Gasteiger partial charge < -0.3 is 10.2 Å². The second-order valence-electron chi connectivity index (χ2n) is 4.62. The molecule has 0 fully saturated rings. The lowest BCUT2D eigenvalue weighted by Gasteiger charge is -2.18. The molecule has 0 aromatic carbocycles. The SMILES string of the molecule is CCN(CC)C(=O)c1cc(NCc2scnc2C)ccn1. The molecule has 1 N–H and O–H groups in total. The van der Waals surface area contributed by atoms with Crippen molar-refractivity contribution in [3.05, 3.63) is 40.1 Å². The maximum Gasteiger partial charge on any atom is 0.272 e. The van der Waals surface area contributed by atoms with Crippen LogP contribution in [0.2, 0.25) is 0 Å². The first kappa shape index (κ1) is 15.4. The Morgan fingerprint density at radius 2 is 2.10 bits per heavy atom. The van der Waals surface area contributed by atoms with E-state index >= 15 is 0 Å². The number of amides is 1. The molecule has 112 valence electrons. The lowest BCUT2D eigenvalue weighted by atomic mass is 10.2. The van der Waals surface area contributed by atoms with E-state index in [9.17, 15) is 4.79 Å². The van der Waals surface area contributed by atoms with E-state index in [0.29, 0.717) is 25.3 Å². The summed E-state index contributed by atoms with van der Waals surface area (Å²) in [5.41, 5.74) is 4.26. The van der Waals surface area contributed by atoms with Crippen molar-refractivity contribution >= 4 is 22.9 Å². The van der Waals surface area contributed by atoms with Crippen LogP contribution in [-0.2, 0) is 6.54 Å². The van der Waals surface area contributed by atoms with Crippen molar-refractivity contribution in [3.8, 4) is 0 Å². The molecule has 0 aliphatic carbocycles. The average Bonchev–Trinajstić information content (AvgIpc) is 2.92. The molecule has 2 aromatic heterocycles. The number of nitrogens with zero attached hydrogens (tertiary/aromatic N) is 3. The Kier molecular flexibility index (Phi) is 5.27. The Bertz CT molecular complexity index is 607. The van der Waals surface area contributed by atoms with Crippen LogP contribution in [0.3, 0.4) is 0 Å². The molecular weight excluding hydrogens is 284 g/mol. The minimum atomic E-state index is -0.0300. The third-order valence-electron chi connectivity index (χ3n) is 3.33. The van der Waals surface area contributed by atoms with E-state index < -0.39 is 0 Å². The van der Waals surface area contributed by atoms with Gasteiger partial charge in [0.25, 0.3) is 5.91 Å². The van der Waals surface area contributed by atoms with Crippen LogP contribution < -0.4 is 5.32 Å². The third-order valence-corrected chi connectivity index (χ3v) is 4.26. The van der Waals surface area contributed by atoms with Crippen LogP contribution in [0, 0.1) is 6.92 Å². The Labute approximate surface area is 129 Å². The van der Waals surface area contributed by atoms with Crippen molar-refractivity contribution < 1.29 is 4.79 Å². The van der Waals surface area contributed by atoms with Crippen molar-refractivity contribution in [2.24, 2.45) is 0 Å². The molecule has 2 rings (SSSR count). The first-order chi connectivity index (χ1) is 10.2. The molecule has 0 aliphatic heterocycles. The van der Waals surface area contributed by atoms with Gasteiger partial charge in [-0.2, -0.15) is 0 Å². The zero-order valence-corrected chi connectivity index (χ0v) is 13.4. The minimum Gasteiger partial charge on any atom is -0.380 e. The zero-order chi connectivity index (χ0) is 15.2. The number of thiazole rings is 1. The lowest BCUT2D eigenvalue weighted by Crippen LogP contribution is -2.31. The molecule has 1 amide bonds. The molecule has 5 nitrogen and oxygen atoms in total. The van der Waals surface area contributed by atoms with Crippen molar-refractivity contribution in [2.45, 2.75) is 27.3 Å². The summed E-state index contributed by atoms with van der Waals surface area (Å²) in [5.74, 6) is -0.0300. The van der Waals surface area contributed by atoms with Crippen LogP contribution in [0.5, 0.6) is 0 Å². The first-order valence-electron chi connectivity index (χ1n) is 7.03. The number of anilines is 1. The van der Waals surface area contributed by atoms with Gasteiger partial charge >= 0.3 is 0 Å². The van der Waals surface area contributed by atoms with Gasteiger partial charge in [0.2, 0.25) is 0 Å². The number of carbonyl (C=O) groups excluding carboxylic acids is 1. The molecule has 0 saturated carbocycles. The molecule has 0 atom stereocenters. The Morgan fingerprint density at radius 3 is 2.71 bits per heavy atom. The normalized spacial score (nSPS) is 10.4. The van der Waals surface area contributed by atoms with Gasteiger partial charge in [0.05, 0.1) is 17.7 Å². The number of nitrogens with one attached hydrogen (secondary N) is 1. The average molecular weight is 304 g/mol. The van der Waals surface area contributed by atoms with Crippen molar-refractivity contribution in [3.63, 3.8) is 0 Å². The highest BCUT2D eigenvalue weighted by molar-refractivity contribution is 7.09. The third kappa shape index (κ3) is 3.78. The highest BCUT2D eigenvalue weighted by Crippen LogP contribution is 2.16. The topological polar surface area (TPSA) is 58.1 Å². The molecule has 21 heavy (non-hydrogen) atoms. The fraction of sp³-hybridized carbons (Fsp3) is 0.400. The summed E-state index contributed by atoms with van der Waals surface area (Å²) >= 11 is 1.63. The van der Waals surface area contributed by atoms with Crippen molar-refractivity contribution in [2.75, 3.05) is 18.4 Å². The van der Waals surface area contributed by atoms with Gasteiger partial charge in [0.15, 0.2) is 0 Å². The van der Waals surface area contributed by atoms with Crippen LogP contribution in [0.4, 0.5) is 5.69 Å². The maximum absolute atomic E-state index is 12.3. The molecule has 2 aromatic rings. The highest BCUT2D eigenvalue weighted by atomic mass is 32.1. The fourth-order valence-electron chi connectivity index (χ4n) is 2.01. The maximum atomic E-state index is 12.3. The van der Waals surface area contributed by atoms with Crippen LogP contribution in [0.1, 0.15) is 34.9 Å². The fourth-order valence-corrected chi connectivity index (χ4v) is 2.73. The molecule has 0 aliphatic rings. The predicted octanol–water partition coefficient (Wildman–Crippen LogP) is 2.94. The van der Waals surface area contributed by atoms with E-state index in [4.69, 9.17) is 0 Å². The summed E-state index contributed by atoms with van der Waals surface area (Å²) < 4.78 is 0. The number of aromatic nitrogens is 2. The van der Waals surface area contributed by atoms with Gasteiger partial charge in [-0.05, 0) is 32.9 Å². The molecule has 2 heterocycles. The first-order valence-corrected chi connectivity index (χ1v) is 7.91. The summed E-state index contributed by atoms with van der Waals surface area (Å²) in [4.78, 5) is 23.6. The molecule has 0 bridgehead atoms. The van der Waals surface area contributed by atoms with Gasteiger partial charge in [-0.1, -0.05) is 0 Å². The van der Waals surface area contributed by atoms with Crippen molar-refractivity contribution in [1.82, 2.24) is 14.9 Å². The molecule has 0 saturated heterocycles. The Balaban J connectivity index is 2.07. The van der Waals surface area contributed by atoms with Crippen LogP contribution in [0.25, 0.3) is 0 Å². The second-order valence-corrected chi connectivity index (χ2v) is 5.56. The van der Waals surface area contributed by atoms with Gasteiger partial charge in [-0.3, -0.25) is 9.78 Å². The zero-order valence-electron chi connectivity index (χ0n) is 12.6. The number of pyridine rings is 1. The summed E-state index contributed by atoms with van der Waals surface area (Å²) in [6, 6.07) is 3.67. The number of hydrogen-bond acceptors (Lipinski definition) is 5. The minimum absolute atomic E-state index is 0.0300. The Morgan fingerprint density at radius 1 is 1.33 bits per heavy atom. The lowest BCUT2D eigenvalue weighted by molar-refractivity contribution is 0.0767. The van der Waals surface area contributed by atoms with E-state index in [1.165, 1.54) is 4.88 Å². The number of rotatable bonds is 6.